The highest BCUT2D eigenvalue weighted by molar-refractivity contribution is 5.78. The van der Waals surface area contributed by atoms with E-state index >= 15 is 0 Å². The summed E-state index contributed by atoms with van der Waals surface area (Å²) in [4.78, 5) is 12.1. The number of carbonyl (C=O) groups is 1. The smallest absolute Gasteiger partial charge is 0.258 e. The first-order valence-corrected chi connectivity index (χ1v) is 7.54. The summed E-state index contributed by atoms with van der Waals surface area (Å²) in [5.41, 5.74) is 1.01. The van der Waals surface area contributed by atoms with Crippen molar-refractivity contribution in [3.63, 3.8) is 0 Å². The molecule has 1 aliphatic rings. The van der Waals surface area contributed by atoms with Crippen LogP contribution in [0.4, 0.5) is 0 Å². The van der Waals surface area contributed by atoms with Crippen molar-refractivity contribution in [2.24, 2.45) is 0 Å². The molecule has 0 aliphatic carbocycles. The summed E-state index contributed by atoms with van der Waals surface area (Å²) in [6.45, 7) is 0.577. The van der Waals surface area contributed by atoms with Gasteiger partial charge in [0.1, 0.15) is 17.2 Å². The minimum Gasteiger partial charge on any atom is -0.497 e. The lowest BCUT2D eigenvalue weighted by Crippen LogP contribution is -2.35. The summed E-state index contributed by atoms with van der Waals surface area (Å²) < 4.78 is 16.2. The number of hydrogen-bond acceptors (Lipinski definition) is 4. The van der Waals surface area contributed by atoms with E-state index in [2.05, 4.69) is 5.32 Å². The molecule has 0 bridgehead atoms. The first-order chi connectivity index (χ1) is 11.3. The van der Waals surface area contributed by atoms with E-state index in [1.54, 1.807) is 31.4 Å². The van der Waals surface area contributed by atoms with Gasteiger partial charge < -0.3 is 19.5 Å². The monoisotopic (exact) mass is 313 g/mol. The molecule has 3 rings (SSSR count). The first kappa shape index (κ1) is 15.2. The molecule has 1 N–H and O–H groups in total. The lowest BCUT2D eigenvalue weighted by molar-refractivity contribution is -0.124. The van der Waals surface area contributed by atoms with Crippen LogP contribution in [0.5, 0.6) is 17.2 Å². The van der Waals surface area contributed by atoms with Crippen molar-refractivity contribution >= 4 is 5.91 Å². The molecule has 0 radical (unpaired) electrons. The van der Waals surface area contributed by atoms with Gasteiger partial charge in [0.25, 0.3) is 5.91 Å². The number of rotatable bonds is 5. The van der Waals surface area contributed by atoms with E-state index < -0.39 is 0 Å². The Morgan fingerprint density at radius 2 is 1.91 bits per heavy atom. The third-order valence-electron chi connectivity index (χ3n) is 3.72. The fourth-order valence-corrected chi connectivity index (χ4v) is 2.55. The van der Waals surface area contributed by atoms with Crippen LogP contribution in [0.15, 0.2) is 48.5 Å². The molecule has 23 heavy (non-hydrogen) atoms. The Morgan fingerprint density at radius 1 is 1.17 bits per heavy atom. The average molecular weight is 313 g/mol. The number of fused-ring (bicyclic) bond motifs is 1. The fraction of sp³-hybridized carbons (Fsp3) is 0.278. The van der Waals surface area contributed by atoms with Crippen LogP contribution in [0, 0.1) is 0 Å². The largest absolute Gasteiger partial charge is 0.497 e. The summed E-state index contributed by atoms with van der Waals surface area (Å²) in [5, 5.41) is 3.00. The summed E-state index contributed by atoms with van der Waals surface area (Å²) >= 11 is 0. The molecule has 1 atom stereocenters. The molecule has 1 amide bonds. The van der Waals surface area contributed by atoms with Crippen molar-refractivity contribution in [3.05, 3.63) is 54.1 Å². The van der Waals surface area contributed by atoms with Crippen LogP contribution in [0.3, 0.4) is 0 Å². The number of carbonyl (C=O) groups excluding carboxylic acids is 1. The summed E-state index contributed by atoms with van der Waals surface area (Å²) in [6, 6.07) is 14.9. The molecule has 5 nitrogen and oxygen atoms in total. The van der Waals surface area contributed by atoms with E-state index in [0.29, 0.717) is 12.4 Å². The highest BCUT2D eigenvalue weighted by Gasteiger charge is 2.22. The van der Waals surface area contributed by atoms with Gasteiger partial charge in [-0.3, -0.25) is 4.79 Å². The molecule has 2 aromatic carbocycles. The number of para-hydroxylation sites is 1. The molecular formula is C18H19NO4. The number of methoxy groups -OCH3 is 1. The maximum Gasteiger partial charge on any atom is 0.258 e. The van der Waals surface area contributed by atoms with Crippen LogP contribution in [0.1, 0.15) is 18.0 Å². The molecule has 1 heterocycles. The van der Waals surface area contributed by atoms with Crippen LogP contribution in [-0.4, -0.2) is 26.2 Å². The Kier molecular flexibility index (Phi) is 4.66. The molecule has 0 saturated heterocycles. The summed E-state index contributed by atoms with van der Waals surface area (Å²) in [5.74, 6) is 2.07. The van der Waals surface area contributed by atoms with Crippen LogP contribution in [0.25, 0.3) is 0 Å². The number of hydrogen-bond donors (Lipinski definition) is 1. The molecule has 0 fully saturated rings. The predicted octanol–water partition coefficient (Wildman–Crippen LogP) is 2.71. The van der Waals surface area contributed by atoms with E-state index in [9.17, 15) is 4.79 Å². The molecule has 120 valence electrons. The Labute approximate surface area is 135 Å². The molecule has 0 unspecified atom stereocenters. The van der Waals surface area contributed by atoms with E-state index in [-0.39, 0.29) is 18.6 Å². The van der Waals surface area contributed by atoms with Crippen molar-refractivity contribution in [2.75, 3.05) is 20.3 Å². The zero-order valence-electron chi connectivity index (χ0n) is 13.0. The Bertz CT molecular complexity index is 669. The van der Waals surface area contributed by atoms with Gasteiger partial charge in [-0.25, -0.2) is 0 Å². The molecule has 0 aromatic heterocycles. The van der Waals surface area contributed by atoms with E-state index in [1.165, 1.54) is 0 Å². The van der Waals surface area contributed by atoms with Crippen LogP contribution >= 0.6 is 0 Å². The molecule has 2 aromatic rings. The van der Waals surface area contributed by atoms with Crippen LogP contribution in [-0.2, 0) is 4.79 Å². The van der Waals surface area contributed by atoms with Gasteiger partial charge in [-0.1, -0.05) is 18.2 Å². The molecular weight excluding hydrogens is 294 g/mol. The van der Waals surface area contributed by atoms with Crippen molar-refractivity contribution in [3.8, 4) is 17.2 Å². The number of amides is 1. The summed E-state index contributed by atoms with van der Waals surface area (Å²) in [6.07, 6.45) is 0.755. The molecule has 5 heteroatoms. The molecule has 1 aliphatic heterocycles. The lowest BCUT2D eigenvalue weighted by Gasteiger charge is -2.26. The zero-order chi connectivity index (χ0) is 16.1. The van der Waals surface area contributed by atoms with Gasteiger partial charge in [-0.15, -0.1) is 0 Å². The fourth-order valence-electron chi connectivity index (χ4n) is 2.55. The van der Waals surface area contributed by atoms with Gasteiger partial charge in [-0.2, -0.15) is 0 Å². The number of ether oxygens (including phenoxy) is 3. The van der Waals surface area contributed by atoms with Crippen LogP contribution < -0.4 is 19.5 Å². The molecule has 0 spiro atoms. The van der Waals surface area contributed by atoms with Gasteiger partial charge >= 0.3 is 0 Å². The van der Waals surface area contributed by atoms with Crippen molar-refractivity contribution in [1.82, 2.24) is 5.32 Å². The molecule has 0 saturated carbocycles. The second-order valence-electron chi connectivity index (χ2n) is 5.26. The number of nitrogens with one attached hydrogen (secondary N) is 1. The first-order valence-electron chi connectivity index (χ1n) is 7.54. The Balaban J connectivity index is 1.55. The third-order valence-corrected chi connectivity index (χ3v) is 3.72. The minimum atomic E-state index is -0.150. The second kappa shape index (κ2) is 7.05. The standard InChI is InChI=1S/C18H19NO4/c1-21-13-6-8-14(9-7-13)23-12-18(20)19-16-10-11-22-17-5-3-2-4-15(16)17/h2-9,16H,10-12H2,1H3,(H,19,20)/t16-/m1/s1. The van der Waals surface area contributed by atoms with Crippen molar-refractivity contribution in [1.29, 1.82) is 0 Å². The van der Waals surface area contributed by atoms with Gasteiger partial charge in [0.2, 0.25) is 0 Å². The van der Waals surface area contributed by atoms with Crippen LogP contribution in [0.2, 0.25) is 0 Å². The van der Waals surface area contributed by atoms with Gasteiger partial charge in [0.05, 0.1) is 19.8 Å². The number of benzene rings is 2. The van der Waals surface area contributed by atoms with E-state index in [4.69, 9.17) is 14.2 Å². The predicted molar refractivity (Wildman–Crippen MR) is 85.9 cm³/mol. The van der Waals surface area contributed by atoms with Gasteiger partial charge in [0, 0.05) is 12.0 Å². The maximum atomic E-state index is 12.1. The van der Waals surface area contributed by atoms with E-state index in [1.807, 2.05) is 24.3 Å². The maximum absolute atomic E-state index is 12.1. The topological polar surface area (TPSA) is 56.8 Å². The zero-order valence-corrected chi connectivity index (χ0v) is 13.0. The van der Waals surface area contributed by atoms with Gasteiger partial charge in [0.15, 0.2) is 6.61 Å². The summed E-state index contributed by atoms with van der Waals surface area (Å²) in [7, 11) is 1.61. The van der Waals surface area contributed by atoms with Crippen molar-refractivity contribution < 1.29 is 19.0 Å². The van der Waals surface area contributed by atoms with Crippen molar-refractivity contribution in [2.45, 2.75) is 12.5 Å². The Hall–Kier alpha value is -2.69. The quantitative estimate of drug-likeness (QED) is 0.922. The van der Waals surface area contributed by atoms with E-state index in [0.717, 1.165) is 23.5 Å². The lowest BCUT2D eigenvalue weighted by atomic mass is 10.0. The normalized spacial score (nSPS) is 16.0. The minimum absolute atomic E-state index is 0.0220. The highest BCUT2D eigenvalue weighted by Crippen LogP contribution is 2.31. The third kappa shape index (κ3) is 3.74. The Morgan fingerprint density at radius 3 is 2.70 bits per heavy atom. The second-order valence-corrected chi connectivity index (χ2v) is 5.26. The van der Waals surface area contributed by atoms with Gasteiger partial charge in [-0.05, 0) is 30.3 Å². The average Bonchev–Trinajstić information content (AvgIpc) is 2.61. The highest BCUT2D eigenvalue weighted by atomic mass is 16.5. The SMILES string of the molecule is COc1ccc(OCC(=O)N[C@@H]2CCOc3ccccc32)cc1.